The molecule has 4 N–H and O–H groups in total. The van der Waals surface area contributed by atoms with Crippen LogP contribution >= 0.6 is 0 Å². The van der Waals surface area contributed by atoms with E-state index in [0.29, 0.717) is 24.3 Å². The van der Waals surface area contributed by atoms with Gasteiger partial charge in [0.15, 0.2) is 5.69 Å². The minimum atomic E-state index is -0.121. The highest BCUT2D eigenvalue weighted by Crippen LogP contribution is 2.29. The second-order valence-corrected chi connectivity index (χ2v) is 5.71. The predicted octanol–water partition coefficient (Wildman–Crippen LogP) is 1.49. The number of nitrogens with two attached hydrogens (primary N) is 1. The van der Waals surface area contributed by atoms with Gasteiger partial charge in [-0.2, -0.15) is 5.10 Å². The Morgan fingerprint density at radius 2 is 2.25 bits per heavy atom. The summed E-state index contributed by atoms with van der Waals surface area (Å²) in [6.45, 7) is 4.66. The Balaban J connectivity index is 2.18. The lowest BCUT2D eigenvalue weighted by Gasteiger charge is -2.37. The predicted molar refractivity (Wildman–Crippen MR) is 77.5 cm³/mol. The zero-order chi connectivity index (χ0) is 14.7. The van der Waals surface area contributed by atoms with Crippen LogP contribution < -0.4 is 5.73 Å². The lowest BCUT2D eigenvalue weighted by atomic mass is 9.91. The van der Waals surface area contributed by atoms with Crippen LogP contribution in [0.25, 0.3) is 0 Å². The van der Waals surface area contributed by atoms with E-state index < -0.39 is 0 Å². The van der Waals surface area contributed by atoms with Crippen LogP contribution in [0.2, 0.25) is 0 Å². The standard InChI is InChI=1S/C14H24N4O2/c1-9(2)12-11(15)13(17-16-12)14(20)18(7-4-8-19)10-5-3-6-10/h9-10,19H,3-8,15H2,1-2H3,(H,16,17). The number of amides is 1. The summed E-state index contributed by atoms with van der Waals surface area (Å²) < 4.78 is 0. The third kappa shape index (κ3) is 2.80. The average molecular weight is 280 g/mol. The van der Waals surface area contributed by atoms with Gasteiger partial charge in [-0.3, -0.25) is 9.89 Å². The van der Waals surface area contributed by atoms with Gasteiger partial charge in [0.05, 0.1) is 11.4 Å². The van der Waals surface area contributed by atoms with Crippen LogP contribution in [0.1, 0.15) is 61.6 Å². The van der Waals surface area contributed by atoms with Crippen LogP contribution in [0.15, 0.2) is 0 Å². The minimum Gasteiger partial charge on any atom is -0.396 e. The molecule has 0 saturated heterocycles. The molecule has 6 heteroatoms. The van der Waals surface area contributed by atoms with Crippen LogP contribution in [0, 0.1) is 0 Å². The van der Waals surface area contributed by atoms with Crippen molar-refractivity contribution in [2.75, 3.05) is 18.9 Å². The van der Waals surface area contributed by atoms with Gasteiger partial charge in [-0.05, 0) is 31.6 Å². The van der Waals surface area contributed by atoms with Gasteiger partial charge in [0.1, 0.15) is 0 Å². The Kier molecular flexibility index (Phi) is 4.65. The van der Waals surface area contributed by atoms with E-state index in [1.54, 1.807) is 0 Å². The molecule has 0 aromatic carbocycles. The lowest BCUT2D eigenvalue weighted by molar-refractivity contribution is 0.0557. The largest absolute Gasteiger partial charge is 0.396 e. The van der Waals surface area contributed by atoms with E-state index in [2.05, 4.69) is 10.2 Å². The number of aromatic amines is 1. The van der Waals surface area contributed by atoms with E-state index in [-0.39, 0.29) is 24.5 Å². The third-order valence-electron chi connectivity index (χ3n) is 3.95. The summed E-state index contributed by atoms with van der Waals surface area (Å²) in [6, 6.07) is 0.271. The first-order valence-corrected chi connectivity index (χ1v) is 7.31. The summed E-state index contributed by atoms with van der Waals surface area (Å²) in [5, 5.41) is 16.0. The Morgan fingerprint density at radius 1 is 1.55 bits per heavy atom. The number of H-pyrrole nitrogens is 1. The van der Waals surface area contributed by atoms with Gasteiger partial charge in [-0.15, -0.1) is 0 Å². The topological polar surface area (TPSA) is 95.2 Å². The molecule has 0 radical (unpaired) electrons. The fourth-order valence-electron chi connectivity index (χ4n) is 2.49. The number of rotatable bonds is 6. The quantitative estimate of drug-likeness (QED) is 0.735. The molecule has 1 aliphatic carbocycles. The van der Waals surface area contributed by atoms with Crippen molar-refractivity contribution in [2.24, 2.45) is 0 Å². The molecule has 6 nitrogen and oxygen atoms in total. The van der Waals surface area contributed by atoms with Crippen molar-refractivity contribution < 1.29 is 9.90 Å². The first-order valence-electron chi connectivity index (χ1n) is 7.31. The molecule has 1 amide bonds. The van der Waals surface area contributed by atoms with E-state index in [0.717, 1.165) is 25.0 Å². The number of nitrogens with one attached hydrogen (secondary N) is 1. The van der Waals surface area contributed by atoms with Crippen molar-refractivity contribution in [2.45, 2.75) is 51.5 Å². The van der Waals surface area contributed by atoms with Gasteiger partial charge >= 0.3 is 0 Å². The van der Waals surface area contributed by atoms with E-state index in [9.17, 15) is 4.79 Å². The van der Waals surface area contributed by atoms with Crippen molar-refractivity contribution in [3.05, 3.63) is 11.4 Å². The van der Waals surface area contributed by atoms with Gasteiger partial charge in [0, 0.05) is 19.2 Å². The normalized spacial score (nSPS) is 15.4. The Morgan fingerprint density at radius 3 is 2.70 bits per heavy atom. The average Bonchev–Trinajstić information content (AvgIpc) is 2.73. The Hall–Kier alpha value is -1.56. The third-order valence-corrected chi connectivity index (χ3v) is 3.95. The molecule has 0 spiro atoms. The summed E-state index contributed by atoms with van der Waals surface area (Å²) in [5.41, 5.74) is 7.62. The summed E-state index contributed by atoms with van der Waals surface area (Å²) in [7, 11) is 0. The zero-order valence-corrected chi connectivity index (χ0v) is 12.2. The summed E-state index contributed by atoms with van der Waals surface area (Å²) in [5.74, 6) is 0.0856. The molecule has 0 atom stereocenters. The van der Waals surface area contributed by atoms with E-state index in [1.165, 1.54) is 0 Å². The molecular formula is C14H24N4O2. The summed E-state index contributed by atoms with van der Waals surface area (Å²) >= 11 is 0. The molecule has 1 heterocycles. The molecule has 1 saturated carbocycles. The highest BCUT2D eigenvalue weighted by atomic mass is 16.3. The maximum Gasteiger partial charge on any atom is 0.276 e. The van der Waals surface area contributed by atoms with Crippen LogP contribution in [-0.2, 0) is 0 Å². The van der Waals surface area contributed by atoms with Crippen molar-refractivity contribution in [1.82, 2.24) is 15.1 Å². The van der Waals surface area contributed by atoms with Crippen LogP contribution in [0.3, 0.4) is 0 Å². The van der Waals surface area contributed by atoms with Gasteiger partial charge in [-0.25, -0.2) is 0 Å². The molecule has 1 aliphatic rings. The number of carbonyl (C=O) groups is 1. The number of carbonyl (C=O) groups excluding carboxylic acids is 1. The minimum absolute atomic E-state index is 0.0871. The maximum absolute atomic E-state index is 12.6. The number of nitrogen functional groups attached to an aromatic ring is 1. The SMILES string of the molecule is CC(C)c1[nH]nc(C(=O)N(CCCO)C2CCC2)c1N. The zero-order valence-electron chi connectivity index (χ0n) is 12.2. The van der Waals surface area contributed by atoms with Crippen molar-refractivity contribution in [3.63, 3.8) is 0 Å². The monoisotopic (exact) mass is 280 g/mol. The Bertz CT molecular complexity index is 466. The maximum atomic E-state index is 12.6. The van der Waals surface area contributed by atoms with Crippen LogP contribution in [0.5, 0.6) is 0 Å². The molecule has 0 bridgehead atoms. The Labute approximate surface area is 119 Å². The number of aliphatic hydroxyl groups excluding tert-OH is 1. The van der Waals surface area contributed by atoms with Crippen molar-refractivity contribution in [1.29, 1.82) is 0 Å². The number of aliphatic hydroxyl groups is 1. The highest BCUT2D eigenvalue weighted by molar-refractivity contribution is 5.98. The fraction of sp³-hybridized carbons (Fsp3) is 0.714. The lowest BCUT2D eigenvalue weighted by Crippen LogP contribution is -2.45. The molecule has 112 valence electrons. The van der Waals surface area contributed by atoms with Crippen LogP contribution in [-0.4, -0.2) is 45.3 Å². The number of anilines is 1. The molecule has 0 unspecified atom stereocenters. The molecule has 1 aromatic rings. The van der Waals surface area contributed by atoms with Crippen molar-refractivity contribution in [3.8, 4) is 0 Å². The summed E-state index contributed by atoms with van der Waals surface area (Å²) in [6.07, 6.45) is 3.79. The van der Waals surface area contributed by atoms with Gasteiger partial charge in [-0.1, -0.05) is 13.8 Å². The molecule has 1 aromatic heterocycles. The van der Waals surface area contributed by atoms with Gasteiger partial charge in [0.25, 0.3) is 5.91 Å². The smallest absolute Gasteiger partial charge is 0.276 e. The second-order valence-electron chi connectivity index (χ2n) is 5.71. The molecule has 1 fully saturated rings. The fourth-order valence-corrected chi connectivity index (χ4v) is 2.49. The molecule has 0 aliphatic heterocycles. The van der Waals surface area contributed by atoms with Gasteiger partial charge in [0.2, 0.25) is 0 Å². The molecule has 2 rings (SSSR count). The highest BCUT2D eigenvalue weighted by Gasteiger charge is 2.31. The van der Waals surface area contributed by atoms with Crippen LogP contribution in [0.4, 0.5) is 5.69 Å². The number of nitrogens with zero attached hydrogens (tertiary/aromatic N) is 2. The first-order chi connectivity index (χ1) is 9.56. The van der Waals surface area contributed by atoms with E-state index in [1.807, 2.05) is 18.7 Å². The number of aromatic nitrogens is 2. The molecular weight excluding hydrogens is 256 g/mol. The summed E-state index contributed by atoms with van der Waals surface area (Å²) in [4.78, 5) is 14.4. The second kappa shape index (κ2) is 6.26. The van der Waals surface area contributed by atoms with E-state index >= 15 is 0 Å². The van der Waals surface area contributed by atoms with E-state index in [4.69, 9.17) is 10.8 Å². The number of hydrogen-bond donors (Lipinski definition) is 3. The first kappa shape index (κ1) is 14.8. The van der Waals surface area contributed by atoms with Gasteiger partial charge < -0.3 is 15.7 Å². The number of hydrogen-bond acceptors (Lipinski definition) is 4. The van der Waals surface area contributed by atoms with Crippen molar-refractivity contribution >= 4 is 11.6 Å². The molecule has 20 heavy (non-hydrogen) atoms.